The summed E-state index contributed by atoms with van der Waals surface area (Å²) < 4.78 is 26.3. The fraction of sp³-hybridized carbons (Fsp3) is 0.500. The van der Waals surface area contributed by atoms with E-state index in [9.17, 15) is 8.42 Å². The van der Waals surface area contributed by atoms with Crippen molar-refractivity contribution < 1.29 is 8.42 Å². The van der Waals surface area contributed by atoms with E-state index in [2.05, 4.69) is 9.62 Å². The number of nitrogens with one attached hydrogen (secondary N) is 1. The van der Waals surface area contributed by atoms with Crippen LogP contribution >= 0.6 is 0 Å². The van der Waals surface area contributed by atoms with Crippen LogP contribution in [0.5, 0.6) is 0 Å². The van der Waals surface area contributed by atoms with Gasteiger partial charge in [-0.3, -0.25) is 0 Å². The molecule has 1 saturated heterocycles. The first-order valence-electron chi connectivity index (χ1n) is 7.61. The van der Waals surface area contributed by atoms with Crippen molar-refractivity contribution >= 4 is 16.1 Å². The molecule has 0 aromatic heterocycles. The van der Waals surface area contributed by atoms with Crippen LogP contribution in [-0.2, 0) is 10.0 Å². The van der Waals surface area contributed by atoms with E-state index in [1.165, 1.54) is 24.7 Å². The second-order valence-corrected chi connectivity index (χ2v) is 7.06. The minimum atomic E-state index is -3.33. The maximum Gasteiger partial charge on any atom is 0.233 e. The molecule has 0 aliphatic carbocycles. The number of benzene rings is 1. The summed E-state index contributed by atoms with van der Waals surface area (Å²) in [6.07, 6.45) is 6.34. The molecule has 0 atom stereocenters. The van der Waals surface area contributed by atoms with Crippen LogP contribution in [0.4, 0.5) is 0 Å². The van der Waals surface area contributed by atoms with Gasteiger partial charge in [0, 0.05) is 12.0 Å². The minimum absolute atomic E-state index is 0.498. The molecule has 1 aliphatic rings. The van der Waals surface area contributed by atoms with Gasteiger partial charge in [0.15, 0.2) is 0 Å². The molecule has 1 aromatic rings. The Balaban J connectivity index is 1.70. The van der Waals surface area contributed by atoms with E-state index >= 15 is 0 Å². The van der Waals surface area contributed by atoms with E-state index in [1.54, 1.807) is 6.08 Å². The molecule has 1 aliphatic heterocycles. The predicted octanol–water partition coefficient (Wildman–Crippen LogP) is 2.45. The van der Waals surface area contributed by atoms with Crippen molar-refractivity contribution in [2.45, 2.75) is 25.7 Å². The quantitative estimate of drug-likeness (QED) is 0.787. The molecule has 1 N–H and O–H groups in total. The SMILES string of the molecule is O=S(=O)(/C=C/c1ccccc1)NCCCN1CCCCC1. The smallest absolute Gasteiger partial charge is 0.233 e. The van der Waals surface area contributed by atoms with Gasteiger partial charge in [0.05, 0.1) is 0 Å². The molecule has 0 spiro atoms. The topological polar surface area (TPSA) is 49.4 Å². The molecule has 1 heterocycles. The average Bonchev–Trinajstić information content (AvgIpc) is 2.52. The summed E-state index contributed by atoms with van der Waals surface area (Å²) in [6, 6.07) is 9.44. The van der Waals surface area contributed by atoms with E-state index in [4.69, 9.17) is 0 Å². The molecular weight excluding hydrogens is 284 g/mol. The first kappa shape index (κ1) is 16.2. The van der Waals surface area contributed by atoms with Gasteiger partial charge in [-0.1, -0.05) is 36.8 Å². The number of hydrogen-bond donors (Lipinski definition) is 1. The second-order valence-electron chi connectivity index (χ2n) is 5.41. The highest BCUT2D eigenvalue weighted by molar-refractivity contribution is 7.92. The molecule has 0 saturated carbocycles. The van der Waals surface area contributed by atoms with Gasteiger partial charge >= 0.3 is 0 Å². The van der Waals surface area contributed by atoms with Gasteiger partial charge in [0.25, 0.3) is 0 Å². The number of piperidine rings is 1. The lowest BCUT2D eigenvalue weighted by atomic mass is 10.1. The van der Waals surface area contributed by atoms with Crippen LogP contribution in [0.3, 0.4) is 0 Å². The van der Waals surface area contributed by atoms with Gasteiger partial charge in [-0.2, -0.15) is 0 Å². The van der Waals surface area contributed by atoms with Crippen LogP contribution in [0.1, 0.15) is 31.2 Å². The Kier molecular flexibility index (Phi) is 6.42. The highest BCUT2D eigenvalue weighted by Crippen LogP contribution is 2.08. The second kappa shape index (κ2) is 8.32. The maximum atomic E-state index is 11.8. The summed E-state index contributed by atoms with van der Waals surface area (Å²) >= 11 is 0. The Morgan fingerprint density at radius 2 is 1.81 bits per heavy atom. The zero-order valence-corrected chi connectivity index (χ0v) is 13.2. The van der Waals surface area contributed by atoms with Crippen molar-refractivity contribution in [2.24, 2.45) is 0 Å². The molecule has 21 heavy (non-hydrogen) atoms. The Bertz CT molecular complexity index is 535. The monoisotopic (exact) mass is 308 g/mol. The van der Waals surface area contributed by atoms with E-state index in [0.29, 0.717) is 6.54 Å². The standard InChI is InChI=1S/C16H24N2O2S/c19-21(20,15-10-16-8-3-1-4-9-16)17-11-7-14-18-12-5-2-6-13-18/h1,3-4,8-10,15,17H,2,5-7,11-14H2/b15-10+. The molecule has 0 radical (unpaired) electrons. The van der Waals surface area contributed by atoms with Crippen LogP contribution in [0.25, 0.3) is 6.08 Å². The van der Waals surface area contributed by atoms with Crippen molar-refractivity contribution in [2.75, 3.05) is 26.2 Å². The van der Waals surface area contributed by atoms with E-state index < -0.39 is 10.0 Å². The van der Waals surface area contributed by atoms with Crippen molar-refractivity contribution in [3.05, 3.63) is 41.3 Å². The molecule has 1 fully saturated rings. The molecular formula is C16H24N2O2S. The molecule has 0 amide bonds. The molecule has 5 heteroatoms. The van der Waals surface area contributed by atoms with E-state index in [-0.39, 0.29) is 0 Å². The third-order valence-corrected chi connectivity index (χ3v) is 4.74. The van der Waals surface area contributed by atoms with Crippen LogP contribution in [0.2, 0.25) is 0 Å². The van der Waals surface area contributed by atoms with Crippen molar-refractivity contribution in [1.29, 1.82) is 0 Å². The summed E-state index contributed by atoms with van der Waals surface area (Å²) in [7, 11) is -3.33. The van der Waals surface area contributed by atoms with Gasteiger partial charge in [-0.15, -0.1) is 0 Å². The zero-order valence-electron chi connectivity index (χ0n) is 12.4. The molecule has 2 rings (SSSR count). The summed E-state index contributed by atoms with van der Waals surface area (Å²) in [6.45, 7) is 3.78. The molecule has 0 bridgehead atoms. The molecule has 116 valence electrons. The van der Waals surface area contributed by atoms with Gasteiger partial charge in [0.1, 0.15) is 0 Å². The van der Waals surface area contributed by atoms with Crippen LogP contribution < -0.4 is 4.72 Å². The van der Waals surface area contributed by atoms with Crippen molar-refractivity contribution in [3.8, 4) is 0 Å². The van der Waals surface area contributed by atoms with Crippen LogP contribution in [0, 0.1) is 0 Å². The van der Waals surface area contributed by atoms with Gasteiger partial charge in [-0.05, 0) is 50.5 Å². The summed E-state index contributed by atoms with van der Waals surface area (Å²) in [5.74, 6) is 0. The maximum absolute atomic E-state index is 11.8. The lowest BCUT2D eigenvalue weighted by molar-refractivity contribution is 0.227. The fourth-order valence-electron chi connectivity index (χ4n) is 2.48. The number of sulfonamides is 1. The largest absolute Gasteiger partial charge is 0.303 e. The Hall–Kier alpha value is -1.17. The molecule has 0 unspecified atom stereocenters. The summed E-state index contributed by atoms with van der Waals surface area (Å²) in [5.41, 5.74) is 0.885. The van der Waals surface area contributed by atoms with Gasteiger partial charge in [0.2, 0.25) is 10.0 Å². The fourth-order valence-corrected chi connectivity index (χ4v) is 3.34. The normalized spacial score (nSPS) is 17.3. The lowest BCUT2D eigenvalue weighted by Gasteiger charge is -2.26. The first-order chi connectivity index (χ1) is 10.2. The highest BCUT2D eigenvalue weighted by atomic mass is 32.2. The van der Waals surface area contributed by atoms with Gasteiger partial charge in [-0.25, -0.2) is 13.1 Å². The first-order valence-corrected chi connectivity index (χ1v) is 9.15. The third kappa shape index (κ3) is 6.42. The Morgan fingerprint density at radius 1 is 1.10 bits per heavy atom. The van der Waals surface area contributed by atoms with E-state index in [0.717, 1.165) is 31.6 Å². The average molecular weight is 308 g/mol. The Morgan fingerprint density at radius 3 is 2.52 bits per heavy atom. The zero-order chi connectivity index (χ0) is 15.0. The number of nitrogens with zero attached hydrogens (tertiary/aromatic N) is 1. The van der Waals surface area contributed by atoms with Crippen LogP contribution in [0.15, 0.2) is 35.7 Å². The van der Waals surface area contributed by atoms with Crippen molar-refractivity contribution in [3.63, 3.8) is 0 Å². The highest BCUT2D eigenvalue weighted by Gasteiger charge is 2.10. The molecule has 1 aromatic carbocycles. The number of rotatable bonds is 7. The third-order valence-electron chi connectivity index (χ3n) is 3.64. The Labute approximate surface area is 127 Å². The summed E-state index contributed by atoms with van der Waals surface area (Å²) in [5, 5.41) is 1.24. The number of likely N-dealkylation sites (tertiary alicyclic amines) is 1. The predicted molar refractivity (Wildman–Crippen MR) is 87.3 cm³/mol. The van der Waals surface area contributed by atoms with E-state index in [1.807, 2.05) is 30.3 Å². The van der Waals surface area contributed by atoms with Crippen LogP contribution in [-0.4, -0.2) is 39.5 Å². The summed E-state index contributed by atoms with van der Waals surface area (Å²) in [4.78, 5) is 2.41. The molecule has 4 nitrogen and oxygen atoms in total. The lowest BCUT2D eigenvalue weighted by Crippen LogP contribution is -2.33. The minimum Gasteiger partial charge on any atom is -0.303 e. The van der Waals surface area contributed by atoms with Gasteiger partial charge < -0.3 is 4.90 Å². The van der Waals surface area contributed by atoms with Crippen molar-refractivity contribution in [1.82, 2.24) is 9.62 Å². The number of hydrogen-bond acceptors (Lipinski definition) is 3.